The van der Waals surface area contributed by atoms with E-state index in [4.69, 9.17) is 23.2 Å². The maximum Gasteiger partial charge on any atom is 0.274 e. The van der Waals surface area contributed by atoms with Crippen molar-refractivity contribution in [3.63, 3.8) is 0 Å². The molecular formula is C17H13Cl3N4O. The molecule has 0 saturated heterocycles. The van der Waals surface area contributed by atoms with Crippen molar-refractivity contribution in [1.29, 1.82) is 0 Å². The van der Waals surface area contributed by atoms with Crippen LogP contribution in [0.5, 0.6) is 0 Å². The highest BCUT2D eigenvalue weighted by molar-refractivity contribution is 6.42. The first kappa shape index (κ1) is 19.1. The van der Waals surface area contributed by atoms with Crippen LogP contribution < -0.4 is 5.32 Å². The first-order valence-electron chi connectivity index (χ1n) is 7.04. The van der Waals surface area contributed by atoms with E-state index in [1.54, 1.807) is 36.5 Å². The minimum Gasteiger partial charge on any atom is -0.319 e. The van der Waals surface area contributed by atoms with Crippen LogP contribution in [0, 0.1) is 6.92 Å². The Kier molecular flexibility index (Phi) is 6.31. The largest absolute Gasteiger partial charge is 0.319 e. The van der Waals surface area contributed by atoms with Gasteiger partial charge in [0.1, 0.15) is 12.0 Å². The quantitative estimate of drug-likeness (QED) is 0.690. The fraction of sp³-hybridized carbons (Fsp3) is 0.0588. The molecule has 0 unspecified atom stereocenters. The summed E-state index contributed by atoms with van der Waals surface area (Å²) >= 11 is 11.9. The van der Waals surface area contributed by atoms with E-state index in [2.05, 4.69) is 20.3 Å². The van der Waals surface area contributed by atoms with E-state index in [0.29, 0.717) is 21.4 Å². The zero-order valence-corrected chi connectivity index (χ0v) is 15.4. The number of aryl methyl sites for hydroxylation is 1. The number of anilines is 1. The van der Waals surface area contributed by atoms with Gasteiger partial charge in [-0.3, -0.25) is 9.78 Å². The van der Waals surface area contributed by atoms with Gasteiger partial charge in [-0.2, -0.15) is 0 Å². The number of hydrogen-bond donors (Lipinski definition) is 1. The third kappa shape index (κ3) is 4.66. The lowest BCUT2D eigenvalue weighted by Gasteiger charge is -2.06. The monoisotopic (exact) mass is 394 g/mol. The second-order valence-electron chi connectivity index (χ2n) is 5.06. The van der Waals surface area contributed by atoms with Crippen molar-refractivity contribution < 1.29 is 4.79 Å². The number of halogens is 3. The molecule has 3 aromatic rings. The summed E-state index contributed by atoms with van der Waals surface area (Å²) in [6.07, 6.45) is 2.93. The van der Waals surface area contributed by atoms with Crippen LogP contribution in [0.25, 0.3) is 11.3 Å². The van der Waals surface area contributed by atoms with Crippen LogP contribution >= 0.6 is 35.6 Å². The molecule has 2 aromatic heterocycles. The molecule has 0 bridgehead atoms. The van der Waals surface area contributed by atoms with E-state index in [1.165, 1.54) is 6.33 Å². The Bertz CT molecular complexity index is 901. The second-order valence-corrected chi connectivity index (χ2v) is 5.87. The van der Waals surface area contributed by atoms with Crippen molar-refractivity contribution in [3.05, 3.63) is 70.4 Å². The molecule has 0 atom stereocenters. The third-order valence-electron chi connectivity index (χ3n) is 3.28. The highest BCUT2D eigenvalue weighted by Crippen LogP contribution is 2.27. The first-order valence-corrected chi connectivity index (χ1v) is 7.80. The fourth-order valence-electron chi connectivity index (χ4n) is 2.03. The maximum absolute atomic E-state index is 12.3. The SMILES string of the molecule is Cc1ccc(NC(=O)c2cc(-c3ccc(Cl)c(Cl)c3)ncn2)cn1.Cl. The van der Waals surface area contributed by atoms with Crippen LogP contribution in [0.15, 0.2) is 48.9 Å². The van der Waals surface area contributed by atoms with E-state index in [-0.39, 0.29) is 24.0 Å². The summed E-state index contributed by atoms with van der Waals surface area (Å²) in [5.41, 5.74) is 3.04. The molecule has 2 heterocycles. The first-order chi connectivity index (χ1) is 11.5. The number of carbonyl (C=O) groups is 1. The van der Waals surface area contributed by atoms with Gasteiger partial charge in [0.25, 0.3) is 5.91 Å². The van der Waals surface area contributed by atoms with Gasteiger partial charge in [0.2, 0.25) is 0 Å². The number of amides is 1. The molecule has 3 rings (SSSR count). The van der Waals surface area contributed by atoms with E-state index >= 15 is 0 Å². The summed E-state index contributed by atoms with van der Waals surface area (Å²) < 4.78 is 0. The Morgan fingerprint density at radius 3 is 2.48 bits per heavy atom. The topological polar surface area (TPSA) is 67.8 Å². The number of carbonyl (C=O) groups excluding carboxylic acids is 1. The summed E-state index contributed by atoms with van der Waals surface area (Å²) in [6.45, 7) is 1.87. The summed E-state index contributed by atoms with van der Waals surface area (Å²) in [4.78, 5) is 24.7. The predicted molar refractivity (Wildman–Crippen MR) is 102 cm³/mol. The number of benzene rings is 1. The number of nitrogens with zero attached hydrogens (tertiary/aromatic N) is 3. The molecule has 0 saturated carbocycles. The summed E-state index contributed by atoms with van der Waals surface area (Å²) in [5.74, 6) is -0.343. The van der Waals surface area contributed by atoms with Crippen LogP contribution in [-0.4, -0.2) is 20.9 Å². The fourth-order valence-corrected chi connectivity index (χ4v) is 2.33. The minimum atomic E-state index is -0.343. The maximum atomic E-state index is 12.3. The van der Waals surface area contributed by atoms with Gasteiger partial charge in [-0.25, -0.2) is 9.97 Å². The average molecular weight is 396 g/mol. The average Bonchev–Trinajstić information content (AvgIpc) is 2.59. The van der Waals surface area contributed by atoms with Crippen LogP contribution in [0.4, 0.5) is 5.69 Å². The van der Waals surface area contributed by atoms with Crippen LogP contribution in [-0.2, 0) is 0 Å². The lowest BCUT2D eigenvalue weighted by atomic mass is 10.1. The molecule has 0 aliphatic heterocycles. The molecule has 25 heavy (non-hydrogen) atoms. The number of pyridine rings is 1. The smallest absolute Gasteiger partial charge is 0.274 e. The number of rotatable bonds is 3. The predicted octanol–water partition coefficient (Wildman–Crippen LogP) is 4.83. The molecule has 0 fully saturated rings. The molecule has 128 valence electrons. The van der Waals surface area contributed by atoms with Gasteiger partial charge in [0, 0.05) is 11.3 Å². The summed E-state index contributed by atoms with van der Waals surface area (Å²) in [5, 5.41) is 3.62. The zero-order valence-electron chi connectivity index (χ0n) is 13.0. The standard InChI is InChI=1S/C17H12Cl2N4O.ClH/c1-10-2-4-12(8-20-10)23-17(24)16-7-15(21-9-22-16)11-3-5-13(18)14(19)6-11;/h2-9H,1H3,(H,23,24);1H. The molecule has 1 N–H and O–H groups in total. The summed E-state index contributed by atoms with van der Waals surface area (Å²) in [6, 6.07) is 10.3. The van der Waals surface area contributed by atoms with Crippen molar-refractivity contribution in [2.75, 3.05) is 5.32 Å². The lowest BCUT2D eigenvalue weighted by molar-refractivity contribution is 0.102. The van der Waals surface area contributed by atoms with Crippen molar-refractivity contribution in [2.24, 2.45) is 0 Å². The van der Waals surface area contributed by atoms with Crippen molar-refractivity contribution in [2.45, 2.75) is 6.92 Å². The van der Waals surface area contributed by atoms with Gasteiger partial charge in [0.05, 0.1) is 27.6 Å². The molecular weight excluding hydrogens is 383 g/mol. The van der Waals surface area contributed by atoms with Crippen molar-refractivity contribution in [1.82, 2.24) is 15.0 Å². The lowest BCUT2D eigenvalue weighted by Crippen LogP contribution is -2.14. The molecule has 1 aromatic carbocycles. The van der Waals surface area contributed by atoms with E-state index < -0.39 is 0 Å². The highest BCUT2D eigenvalue weighted by atomic mass is 35.5. The Morgan fingerprint density at radius 1 is 1.00 bits per heavy atom. The van der Waals surface area contributed by atoms with Gasteiger partial charge >= 0.3 is 0 Å². The van der Waals surface area contributed by atoms with Crippen LogP contribution in [0.1, 0.15) is 16.2 Å². The molecule has 1 amide bonds. The van der Waals surface area contributed by atoms with Gasteiger partial charge < -0.3 is 5.32 Å². The molecule has 0 aliphatic carbocycles. The molecule has 5 nitrogen and oxygen atoms in total. The van der Waals surface area contributed by atoms with Crippen molar-refractivity contribution >= 4 is 47.2 Å². The normalized spacial score (nSPS) is 10.0. The Morgan fingerprint density at radius 2 is 1.80 bits per heavy atom. The number of aromatic nitrogens is 3. The van der Waals surface area contributed by atoms with Gasteiger partial charge in [-0.1, -0.05) is 29.3 Å². The van der Waals surface area contributed by atoms with Crippen LogP contribution in [0.3, 0.4) is 0 Å². The third-order valence-corrected chi connectivity index (χ3v) is 4.02. The minimum absolute atomic E-state index is 0. The summed E-state index contributed by atoms with van der Waals surface area (Å²) in [7, 11) is 0. The van der Waals surface area contributed by atoms with Crippen LogP contribution in [0.2, 0.25) is 10.0 Å². The number of nitrogens with one attached hydrogen (secondary N) is 1. The van der Waals surface area contributed by atoms with Gasteiger partial charge in [-0.05, 0) is 37.3 Å². The molecule has 0 spiro atoms. The highest BCUT2D eigenvalue weighted by Gasteiger charge is 2.11. The Hall–Kier alpha value is -2.21. The van der Waals surface area contributed by atoms with Gasteiger partial charge in [-0.15, -0.1) is 12.4 Å². The second kappa shape index (κ2) is 8.25. The molecule has 0 aliphatic rings. The molecule has 0 radical (unpaired) electrons. The van der Waals surface area contributed by atoms with E-state index in [9.17, 15) is 4.79 Å². The number of hydrogen-bond acceptors (Lipinski definition) is 4. The Labute approximate surface area is 160 Å². The Balaban J connectivity index is 0.00000225. The van der Waals surface area contributed by atoms with Crippen molar-refractivity contribution in [3.8, 4) is 11.3 Å². The van der Waals surface area contributed by atoms with E-state index in [0.717, 1.165) is 11.3 Å². The molecule has 8 heteroatoms. The zero-order chi connectivity index (χ0) is 17.1. The van der Waals surface area contributed by atoms with Gasteiger partial charge in [0.15, 0.2) is 0 Å². The van der Waals surface area contributed by atoms with E-state index in [1.807, 2.05) is 13.0 Å².